The topological polar surface area (TPSA) is 65.7 Å². The molecule has 5 nitrogen and oxygen atoms in total. The number of rotatable bonds is 2. The highest BCUT2D eigenvalue weighted by molar-refractivity contribution is 5.67. The average Bonchev–Trinajstić information content (AvgIpc) is 3.21. The van der Waals surface area contributed by atoms with Crippen LogP contribution in [0.2, 0.25) is 0 Å². The summed E-state index contributed by atoms with van der Waals surface area (Å²) in [4.78, 5) is 24.4. The molecule has 3 fully saturated rings. The maximum absolute atomic E-state index is 12.4. The second-order valence-corrected chi connectivity index (χ2v) is 13.2. The molecule has 1 aromatic rings. The van der Waals surface area contributed by atoms with E-state index in [0.717, 1.165) is 30.6 Å². The van der Waals surface area contributed by atoms with E-state index in [4.69, 9.17) is 13.9 Å². The number of furan rings is 1. The minimum Gasteiger partial charge on any atom is -0.468 e. The van der Waals surface area contributed by atoms with E-state index in [1.807, 2.05) is 6.07 Å². The van der Waals surface area contributed by atoms with Crippen LogP contribution in [0.1, 0.15) is 111 Å². The molecule has 8 unspecified atom stereocenters. The molecule has 4 aliphatic rings. The largest absolute Gasteiger partial charge is 0.468 e. The molecule has 4 aliphatic carbocycles. The molecule has 5 heteroatoms. The number of carbonyl (C=O) groups excluding carboxylic acids is 2. The van der Waals surface area contributed by atoms with Crippen molar-refractivity contribution in [3.05, 3.63) is 23.7 Å². The molecule has 0 aliphatic heterocycles. The van der Waals surface area contributed by atoms with Gasteiger partial charge in [-0.15, -0.1) is 0 Å². The van der Waals surface area contributed by atoms with Crippen molar-refractivity contribution in [2.45, 2.75) is 111 Å². The van der Waals surface area contributed by atoms with Gasteiger partial charge in [0, 0.05) is 19.4 Å². The van der Waals surface area contributed by atoms with E-state index in [9.17, 15) is 9.59 Å². The fourth-order valence-electron chi connectivity index (χ4n) is 9.86. The first-order valence-electron chi connectivity index (χ1n) is 13.3. The van der Waals surface area contributed by atoms with Crippen LogP contribution in [0.3, 0.4) is 0 Å². The second kappa shape index (κ2) is 7.61. The van der Waals surface area contributed by atoms with Gasteiger partial charge in [0.1, 0.15) is 18.0 Å². The monoisotopic (exact) mass is 470 g/mol. The molecule has 0 amide bonds. The number of hydrogen-bond acceptors (Lipinski definition) is 5. The lowest BCUT2D eigenvalue weighted by Crippen LogP contribution is -2.67. The van der Waals surface area contributed by atoms with Crippen LogP contribution in [0.4, 0.5) is 0 Å². The van der Waals surface area contributed by atoms with Gasteiger partial charge in [0.05, 0.1) is 11.7 Å². The Hall–Kier alpha value is -1.78. The van der Waals surface area contributed by atoms with Gasteiger partial charge in [-0.2, -0.15) is 0 Å². The number of esters is 2. The van der Waals surface area contributed by atoms with Crippen LogP contribution in [-0.4, -0.2) is 18.0 Å². The van der Waals surface area contributed by atoms with Crippen LogP contribution in [0.15, 0.2) is 16.7 Å². The summed E-state index contributed by atoms with van der Waals surface area (Å²) in [5.74, 6) is 1.65. The third-order valence-corrected chi connectivity index (χ3v) is 11.1. The highest BCUT2D eigenvalue weighted by Crippen LogP contribution is 2.73. The first-order valence-corrected chi connectivity index (χ1v) is 13.3. The van der Waals surface area contributed by atoms with E-state index in [1.54, 1.807) is 6.26 Å². The van der Waals surface area contributed by atoms with Gasteiger partial charge >= 0.3 is 11.9 Å². The molecule has 0 saturated heterocycles. The molecule has 1 heterocycles. The molecule has 3 saturated carbocycles. The Balaban J connectivity index is 1.66. The van der Waals surface area contributed by atoms with Crippen LogP contribution >= 0.6 is 0 Å². The summed E-state index contributed by atoms with van der Waals surface area (Å²) in [7, 11) is 0. The molecule has 188 valence electrons. The molecule has 8 atom stereocenters. The maximum Gasteiger partial charge on any atom is 0.303 e. The minimum atomic E-state index is -0.445. The first kappa shape index (κ1) is 23.9. The van der Waals surface area contributed by atoms with Crippen molar-refractivity contribution in [3.8, 4) is 0 Å². The van der Waals surface area contributed by atoms with Crippen LogP contribution in [0.5, 0.6) is 0 Å². The van der Waals surface area contributed by atoms with Crippen molar-refractivity contribution in [1.82, 2.24) is 0 Å². The van der Waals surface area contributed by atoms with Gasteiger partial charge in [-0.3, -0.25) is 9.59 Å². The van der Waals surface area contributed by atoms with Crippen molar-refractivity contribution in [3.63, 3.8) is 0 Å². The molecule has 0 aromatic carbocycles. The molecule has 0 N–H and O–H groups in total. The van der Waals surface area contributed by atoms with E-state index < -0.39 is 5.41 Å². The van der Waals surface area contributed by atoms with E-state index in [1.165, 1.54) is 39.5 Å². The number of ether oxygens (including phenoxy) is 2. The van der Waals surface area contributed by atoms with Gasteiger partial charge in [0.2, 0.25) is 0 Å². The van der Waals surface area contributed by atoms with Crippen LogP contribution in [-0.2, 0) is 24.5 Å². The SMILES string of the molecule is CC(=O)OC1CC2C3(C)CCC4C(C)(C)CCCC4(C)C3CC(OC(C)=O)C2(C)c2occc21. The second-order valence-electron chi connectivity index (χ2n) is 13.2. The van der Waals surface area contributed by atoms with Crippen LogP contribution < -0.4 is 0 Å². The molecule has 34 heavy (non-hydrogen) atoms. The van der Waals surface area contributed by atoms with Crippen molar-refractivity contribution < 1.29 is 23.5 Å². The van der Waals surface area contributed by atoms with Gasteiger partial charge < -0.3 is 13.9 Å². The van der Waals surface area contributed by atoms with Gasteiger partial charge in [0.25, 0.3) is 0 Å². The van der Waals surface area contributed by atoms with Crippen LogP contribution in [0, 0.1) is 34.0 Å². The maximum atomic E-state index is 12.4. The minimum absolute atomic E-state index is 0.0486. The Morgan fingerprint density at radius 1 is 0.882 bits per heavy atom. The predicted octanol–water partition coefficient (Wildman–Crippen LogP) is 6.75. The normalized spacial score (nSPS) is 44.6. The van der Waals surface area contributed by atoms with Gasteiger partial charge in [-0.25, -0.2) is 0 Å². The van der Waals surface area contributed by atoms with E-state index in [2.05, 4.69) is 34.6 Å². The van der Waals surface area contributed by atoms with Crippen molar-refractivity contribution in [2.24, 2.45) is 34.0 Å². The lowest BCUT2D eigenvalue weighted by atomic mass is 9.35. The Morgan fingerprint density at radius 2 is 1.56 bits per heavy atom. The average molecular weight is 471 g/mol. The zero-order valence-electron chi connectivity index (χ0n) is 22.0. The zero-order valence-corrected chi connectivity index (χ0v) is 22.0. The Bertz CT molecular complexity index is 992. The molecule has 0 spiro atoms. The third kappa shape index (κ3) is 3.17. The van der Waals surface area contributed by atoms with Gasteiger partial charge in [0.15, 0.2) is 0 Å². The standard InChI is InChI=1S/C29H42O5/c1-17(30)33-20-15-23-28(6)13-9-21-26(3,4)11-8-12-27(21,5)22(28)16-24(34-18(2)31)29(23,7)25-19(20)10-14-32-25/h10,14,20-24H,8-9,11-13,15-16H2,1-7H3. The van der Waals surface area contributed by atoms with Crippen molar-refractivity contribution in [2.75, 3.05) is 0 Å². The quantitative estimate of drug-likeness (QED) is 0.448. The fraction of sp³-hybridized carbons (Fsp3) is 0.793. The lowest BCUT2D eigenvalue weighted by Gasteiger charge is -2.69. The Kier molecular flexibility index (Phi) is 5.36. The van der Waals surface area contributed by atoms with Gasteiger partial charge in [-0.05, 0) is 85.5 Å². The fourth-order valence-corrected chi connectivity index (χ4v) is 9.86. The lowest BCUT2D eigenvalue weighted by molar-refractivity contribution is -0.224. The Labute approximate surface area is 204 Å². The molecular formula is C29H42O5. The first-order chi connectivity index (χ1) is 15.8. The highest BCUT2D eigenvalue weighted by atomic mass is 16.5. The summed E-state index contributed by atoms with van der Waals surface area (Å²) in [5, 5.41) is 0. The molecule has 0 bridgehead atoms. The zero-order chi connectivity index (χ0) is 24.7. The number of carbonyl (C=O) groups is 2. The predicted molar refractivity (Wildman–Crippen MR) is 129 cm³/mol. The summed E-state index contributed by atoms with van der Waals surface area (Å²) >= 11 is 0. The van der Waals surface area contributed by atoms with Gasteiger partial charge in [-0.1, -0.05) is 34.1 Å². The molecule has 1 aromatic heterocycles. The van der Waals surface area contributed by atoms with E-state index in [-0.39, 0.29) is 40.9 Å². The van der Waals surface area contributed by atoms with Crippen LogP contribution in [0.25, 0.3) is 0 Å². The smallest absolute Gasteiger partial charge is 0.303 e. The summed E-state index contributed by atoms with van der Waals surface area (Å²) in [6.07, 6.45) is 8.90. The number of hydrogen-bond donors (Lipinski definition) is 0. The molecule has 5 rings (SSSR count). The van der Waals surface area contributed by atoms with E-state index >= 15 is 0 Å². The summed E-state index contributed by atoms with van der Waals surface area (Å²) in [6.45, 7) is 15.2. The Morgan fingerprint density at radius 3 is 2.24 bits per heavy atom. The van der Waals surface area contributed by atoms with Crippen molar-refractivity contribution >= 4 is 11.9 Å². The summed E-state index contributed by atoms with van der Waals surface area (Å²) in [6, 6.07) is 1.94. The molecular weight excluding hydrogens is 428 g/mol. The third-order valence-electron chi connectivity index (χ3n) is 11.1. The van der Waals surface area contributed by atoms with Crippen molar-refractivity contribution in [1.29, 1.82) is 0 Å². The summed E-state index contributed by atoms with van der Waals surface area (Å²) < 4.78 is 18.2. The van der Waals surface area contributed by atoms with E-state index in [0.29, 0.717) is 17.3 Å². The highest BCUT2D eigenvalue weighted by Gasteiger charge is 2.69. The number of fused-ring (bicyclic) bond motifs is 7. The molecule has 0 radical (unpaired) electrons. The summed E-state index contributed by atoms with van der Waals surface area (Å²) in [5.41, 5.74) is 1.07.